The number of carboxylic acids is 1. The molecule has 2 aromatic carbocycles. The third-order valence-corrected chi connectivity index (χ3v) is 5.22. The Morgan fingerprint density at radius 1 is 1.04 bits per heavy atom. The van der Waals surface area contributed by atoms with Gasteiger partial charge in [-0.3, -0.25) is 0 Å². The van der Waals surface area contributed by atoms with Gasteiger partial charge in [0.1, 0.15) is 5.97 Å². The first-order valence-electron chi connectivity index (χ1n) is 8.40. The highest BCUT2D eigenvalue weighted by molar-refractivity contribution is 5.70. The van der Waals surface area contributed by atoms with Crippen LogP contribution in [0, 0.1) is 13.4 Å². The van der Waals surface area contributed by atoms with Crippen LogP contribution >= 0.6 is 0 Å². The number of rotatable bonds is 5. The topological polar surface area (TPSA) is 40.1 Å². The molecule has 0 fully saturated rings. The average Bonchev–Trinajstić information content (AvgIpc) is 2.64. The number of hydrogen-bond donors (Lipinski definition) is 0. The highest BCUT2D eigenvalue weighted by Gasteiger charge is 2.28. The lowest BCUT2D eigenvalue weighted by Crippen LogP contribution is -3.59. The van der Waals surface area contributed by atoms with Crippen LogP contribution in [-0.2, 0) is 11.2 Å². The molecule has 144 valence electrons. The minimum atomic E-state index is -5.19. The van der Waals surface area contributed by atoms with E-state index in [4.69, 9.17) is 9.90 Å². The lowest BCUT2D eigenvalue weighted by Gasteiger charge is -2.03. The van der Waals surface area contributed by atoms with E-state index in [1.54, 1.807) is 0 Å². The predicted molar refractivity (Wildman–Crippen MR) is 92.8 cm³/mol. The Hall–Kier alpha value is -2.01. The van der Waals surface area contributed by atoms with Gasteiger partial charge >= 0.3 is 27.4 Å². The molecule has 0 aliphatic heterocycles. The summed E-state index contributed by atoms with van der Waals surface area (Å²) < 4.78 is 36.3. The predicted octanol–water partition coefficient (Wildman–Crippen LogP) is 0.986. The van der Waals surface area contributed by atoms with Crippen molar-refractivity contribution in [2.75, 3.05) is 0 Å². The largest absolute Gasteiger partial charge is 0.542 e. The van der Waals surface area contributed by atoms with Crippen molar-refractivity contribution in [2.24, 2.45) is 0 Å². The number of unbranched alkanes of at least 4 members (excludes halogenated alkanes) is 2. The van der Waals surface area contributed by atoms with E-state index in [1.807, 2.05) is 0 Å². The van der Waals surface area contributed by atoms with E-state index in [0.29, 0.717) is 0 Å². The van der Waals surface area contributed by atoms with E-state index < -0.39 is 12.1 Å². The lowest BCUT2D eigenvalue weighted by atomic mass is 10.1. The van der Waals surface area contributed by atoms with Gasteiger partial charge in [0.25, 0.3) is 0 Å². The molecule has 6 heteroatoms. The van der Waals surface area contributed by atoms with E-state index in [0.717, 1.165) is 5.56 Å². The number of carbonyl (C=O) groups excluding carboxylic acids is 1. The number of carbonyl (C=O) groups is 1. The Morgan fingerprint density at radius 2 is 1.63 bits per heavy atom. The summed E-state index contributed by atoms with van der Waals surface area (Å²) in [5.41, 5.74) is 2.57. The molecule has 0 amide bonds. The summed E-state index contributed by atoms with van der Waals surface area (Å²) in [6.07, 6.45) is -0.102. The van der Waals surface area contributed by atoms with Crippen LogP contribution in [0.15, 0.2) is 54.6 Å². The van der Waals surface area contributed by atoms with Crippen molar-refractivity contribution >= 4 is 5.97 Å². The van der Waals surface area contributed by atoms with Gasteiger partial charge in [-0.05, 0) is 48.6 Å². The SMILES string of the molecule is CCCCCc1ccc(C#C[I+]c2ccccc2)cc1.O=C([O-])C(F)(F)F. The highest BCUT2D eigenvalue weighted by Crippen LogP contribution is 2.11. The first-order valence-corrected chi connectivity index (χ1v) is 10.6. The van der Waals surface area contributed by atoms with Crippen LogP contribution in [-0.4, -0.2) is 12.1 Å². The van der Waals surface area contributed by atoms with Gasteiger partial charge in [-0.2, -0.15) is 13.2 Å². The summed E-state index contributed by atoms with van der Waals surface area (Å²) >= 11 is -0.180. The fraction of sp³-hybridized carbons (Fsp3) is 0.286. The molecule has 0 saturated carbocycles. The quantitative estimate of drug-likeness (QED) is 0.358. The second kappa shape index (κ2) is 12.4. The summed E-state index contributed by atoms with van der Waals surface area (Å²) in [5, 5.41) is 8.78. The molecule has 0 bridgehead atoms. The maximum atomic E-state index is 10.5. The zero-order valence-electron chi connectivity index (χ0n) is 14.9. The van der Waals surface area contributed by atoms with Crippen molar-refractivity contribution in [2.45, 2.75) is 38.8 Å². The van der Waals surface area contributed by atoms with Crippen LogP contribution in [0.3, 0.4) is 0 Å². The van der Waals surface area contributed by atoms with E-state index in [2.05, 4.69) is 71.4 Å². The number of carboxylic acid groups (broad SMARTS) is 1. The summed E-state index contributed by atoms with van der Waals surface area (Å²) in [4.78, 5) is 8.78. The van der Waals surface area contributed by atoms with Gasteiger partial charge in [0.15, 0.2) is 3.93 Å². The second-order valence-electron chi connectivity index (χ2n) is 5.55. The molecule has 0 aliphatic rings. The molecule has 0 N–H and O–H groups in total. The molecule has 0 atom stereocenters. The summed E-state index contributed by atoms with van der Waals surface area (Å²) in [6.45, 7) is 2.24. The van der Waals surface area contributed by atoms with Crippen LogP contribution in [0.25, 0.3) is 0 Å². The van der Waals surface area contributed by atoms with Crippen LogP contribution < -0.4 is 26.3 Å². The molecular formula is C21H20F3IO2. The van der Waals surface area contributed by atoms with Gasteiger partial charge in [0.2, 0.25) is 3.57 Å². The minimum absolute atomic E-state index is 0.180. The van der Waals surface area contributed by atoms with Crippen LogP contribution in [0.5, 0.6) is 0 Å². The maximum absolute atomic E-state index is 10.5. The minimum Gasteiger partial charge on any atom is -0.542 e. The van der Waals surface area contributed by atoms with Gasteiger partial charge in [0, 0.05) is 5.56 Å². The molecule has 2 nitrogen and oxygen atoms in total. The number of alkyl halides is 3. The van der Waals surface area contributed by atoms with Crippen LogP contribution in [0.1, 0.15) is 37.3 Å². The molecular weight excluding hydrogens is 468 g/mol. The van der Waals surface area contributed by atoms with Gasteiger partial charge in [-0.15, -0.1) is 0 Å². The molecule has 2 aromatic rings. The van der Waals surface area contributed by atoms with E-state index in [9.17, 15) is 13.2 Å². The third kappa shape index (κ3) is 10.7. The monoisotopic (exact) mass is 488 g/mol. The fourth-order valence-corrected chi connectivity index (χ4v) is 3.48. The van der Waals surface area contributed by atoms with Crippen molar-refractivity contribution in [1.82, 2.24) is 0 Å². The maximum Gasteiger partial charge on any atom is 0.430 e. The Labute approximate surface area is 168 Å². The van der Waals surface area contributed by atoms with Crippen molar-refractivity contribution < 1.29 is 44.3 Å². The van der Waals surface area contributed by atoms with E-state index >= 15 is 0 Å². The molecule has 0 heterocycles. The highest BCUT2D eigenvalue weighted by atomic mass is 127. The standard InChI is InChI=1S/C19H20I.C2HF3O2/c1-2-3-5-8-17-11-13-18(14-12-17)15-16-20-19-9-6-4-7-10-19;3-2(4,5)1(6)7/h4,6-7,9-14H,2-3,5,8H2,1H3;(H,6,7)/q+1;/p-1. The fourth-order valence-electron chi connectivity index (χ4n) is 1.94. The number of aliphatic carboxylic acids is 1. The molecule has 0 radical (unpaired) electrons. The number of hydrogen-bond acceptors (Lipinski definition) is 2. The lowest BCUT2D eigenvalue weighted by molar-refractivity contribution is -0.535. The van der Waals surface area contributed by atoms with E-state index in [-0.39, 0.29) is 21.2 Å². The first kappa shape index (κ1) is 23.0. The second-order valence-corrected chi connectivity index (χ2v) is 7.87. The summed E-state index contributed by atoms with van der Waals surface area (Å²) in [5.74, 6) is 0.280. The average molecular weight is 488 g/mol. The zero-order valence-corrected chi connectivity index (χ0v) is 17.0. The number of halogens is 4. The first-order chi connectivity index (χ1) is 12.8. The van der Waals surface area contributed by atoms with E-state index in [1.165, 1.54) is 34.8 Å². The molecule has 0 saturated heterocycles. The van der Waals surface area contributed by atoms with Gasteiger partial charge in [-0.1, -0.05) is 50.1 Å². The summed E-state index contributed by atoms with van der Waals surface area (Å²) in [7, 11) is 0. The van der Waals surface area contributed by atoms with Crippen molar-refractivity contribution in [1.29, 1.82) is 0 Å². The van der Waals surface area contributed by atoms with Crippen molar-refractivity contribution in [3.05, 3.63) is 69.3 Å². The molecule has 0 spiro atoms. The van der Waals surface area contributed by atoms with Gasteiger partial charge < -0.3 is 9.90 Å². The molecule has 0 aliphatic carbocycles. The zero-order chi connectivity index (χ0) is 20.1. The third-order valence-electron chi connectivity index (χ3n) is 3.34. The van der Waals surface area contributed by atoms with Crippen molar-refractivity contribution in [3.8, 4) is 9.85 Å². The normalized spacial score (nSPS) is 10.2. The Kier molecular flexibility index (Phi) is 10.6. The Morgan fingerprint density at radius 3 is 2.15 bits per heavy atom. The molecule has 0 aromatic heterocycles. The number of benzene rings is 2. The smallest absolute Gasteiger partial charge is 0.430 e. The Balaban J connectivity index is 0.000000445. The van der Waals surface area contributed by atoms with Crippen LogP contribution in [0.4, 0.5) is 13.2 Å². The van der Waals surface area contributed by atoms with Crippen molar-refractivity contribution in [3.63, 3.8) is 0 Å². The molecule has 2 rings (SSSR count). The van der Waals surface area contributed by atoms with Crippen LogP contribution in [0.2, 0.25) is 0 Å². The van der Waals surface area contributed by atoms with Gasteiger partial charge in [-0.25, -0.2) is 0 Å². The number of aryl methyl sites for hydroxylation is 1. The molecule has 0 unspecified atom stereocenters. The summed E-state index contributed by atoms with van der Waals surface area (Å²) in [6, 6.07) is 19.3. The molecule has 27 heavy (non-hydrogen) atoms. The Bertz CT molecular complexity index is 745. The van der Waals surface area contributed by atoms with Gasteiger partial charge in [0.05, 0.1) is 0 Å².